The van der Waals surface area contributed by atoms with E-state index >= 15 is 0 Å². The van der Waals surface area contributed by atoms with Crippen molar-refractivity contribution in [2.45, 2.75) is 38.0 Å². The molecular formula is C20H26F3N5O2. The Morgan fingerprint density at radius 1 is 1.10 bits per heavy atom. The monoisotopic (exact) mass is 425 g/mol. The minimum absolute atomic E-state index is 0.0344. The molecule has 0 saturated carbocycles. The molecule has 3 aliphatic rings. The van der Waals surface area contributed by atoms with Gasteiger partial charge in [-0.2, -0.15) is 13.2 Å². The Kier molecular flexibility index (Phi) is 5.29. The lowest BCUT2D eigenvalue weighted by Gasteiger charge is -2.41. The lowest BCUT2D eigenvalue weighted by Crippen LogP contribution is -2.53. The first kappa shape index (κ1) is 20.8. The van der Waals surface area contributed by atoms with Gasteiger partial charge in [0.15, 0.2) is 5.60 Å². The number of aliphatic imine (C=N–C) groups is 1. The van der Waals surface area contributed by atoms with Gasteiger partial charge in [0.2, 0.25) is 0 Å². The first-order valence-electron chi connectivity index (χ1n) is 10.1. The van der Waals surface area contributed by atoms with Gasteiger partial charge < -0.3 is 20.0 Å². The number of benzene rings is 1. The molecule has 10 heteroatoms. The Bertz CT molecular complexity index is 819. The molecule has 164 valence electrons. The summed E-state index contributed by atoms with van der Waals surface area (Å²) in [5.74, 6) is 1.52. The molecular weight excluding hydrogens is 399 g/mol. The van der Waals surface area contributed by atoms with E-state index in [0.717, 1.165) is 31.7 Å². The molecule has 1 unspecified atom stereocenters. The van der Waals surface area contributed by atoms with Crippen LogP contribution in [0.3, 0.4) is 0 Å². The van der Waals surface area contributed by atoms with E-state index in [2.05, 4.69) is 15.8 Å². The van der Waals surface area contributed by atoms with Crippen molar-refractivity contribution in [2.24, 2.45) is 10.9 Å². The molecule has 3 heterocycles. The molecule has 3 aliphatic heterocycles. The van der Waals surface area contributed by atoms with Crippen LogP contribution in [0, 0.1) is 5.92 Å². The summed E-state index contributed by atoms with van der Waals surface area (Å²) in [6.45, 7) is 5.16. The van der Waals surface area contributed by atoms with Crippen LogP contribution in [0.2, 0.25) is 0 Å². The van der Waals surface area contributed by atoms with Crippen molar-refractivity contribution in [2.75, 3.05) is 32.8 Å². The normalized spacial score (nSPS) is 22.6. The second-order valence-corrected chi connectivity index (χ2v) is 8.50. The molecule has 1 aromatic rings. The molecule has 0 bridgehead atoms. The Balaban J connectivity index is 1.28. The van der Waals surface area contributed by atoms with Crippen molar-refractivity contribution >= 4 is 11.9 Å². The molecule has 0 radical (unpaired) electrons. The van der Waals surface area contributed by atoms with E-state index in [1.165, 1.54) is 0 Å². The summed E-state index contributed by atoms with van der Waals surface area (Å²) in [5.41, 5.74) is 4.74. The maximum Gasteiger partial charge on any atom is 0.427 e. The molecule has 0 spiro atoms. The number of nitrogens with zero attached hydrogens (tertiary/aromatic N) is 3. The highest BCUT2D eigenvalue weighted by molar-refractivity contribution is 5.87. The van der Waals surface area contributed by atoms with E-state index in [1.54, 1.807) is 24.3 Å². The van der Waals surface area contributed by atoms with Gasteiger partial charge in [-0.1, -0.05) is 12.1 Å². The minimum Gasteiger partial charge on any atom is -0.478 e. The van der Waals surface area contributed by atoms with Crippen LogP contribution in [-0.2, 0) is 0 Å². The second kappa shape index (κ2) is 7.64. The summed E-state index contributed by atoms with van der Waals surface area (Å²) in [7, 11) is 0. The van der Waals surface area contributed by atoms with Crippen LogP contribution in [0.4, 0.5) is 18.0 Å². The Morgan fingerprint density at radius 3 is 2.37 bits per heavy atom. The topological polar surface area (TPSA) is 69.2 Å². The molecule has 1 atom stereocenters. The summed E-state index contributed by atoms with van der Waals surface area (Å²) in [4.78, 5) is 20.7. The van der Waals surface area contributed by atoms with Gasteiger partial charge in [0.05, 0.1) is 0 Å². The quantitative estimate of drug-likeness (QED) is 0.779. The molecule has 1 aromatic carbocycles. The Hall–Kier alpha value is -2.49. The van der Waals surface area contributed by atoms with Crippen molar-refractivity contribution < 1.29 is 22.7 Å². The van der Waals surface area contributed by atoms with Gasteiger partial charge in [0.1, 0.15) is 18.3 Å². The third kappa shape index (κ3) is 4.05. The Morgan fingerprint density at radius 2 is 1.77 bits per heavy atom. The highest BCUT2D eigenvalue weighted by atomic mass is 19.4. The van der Waals surface area contributed by atoms with Crippen molar-refractivity contribution in [3.05, 3.63) is 29.8 Å². The largest absolute Gasteiger partial charge is 0.478 e. The standard InChI is InChI=1S/C20H26F3N5O2/c1-19(2,20(21,22)23)30-16-5-3-13(4-6-16)15-10-28(11-15)18(29)27-8-7-14(9-27)17-24-12-25-26-17/h3-6,14-15,25H,7-12H2,1-2H3,(H,24,26). The number of amides is 2. The average molecular weight is 425 g/mol. The second-order valence-electron chi connectivity index (χ2n) is 8.50. The number of rotatable bonds is 4. The first-order chi connectivity index (χ1) is 14.1. The maximum absolute atomic E-state index is 13.0. The third-order valence-electron chi connectivity index (χ3n) is 5.95. The van der Waals surface area contributed by atoms with Gasteiger partial charge in [-0.3, -0.25) is 4.99 Å². The van der Waals surface area contributed by atoms with Crippen LogP contribution in [0.1, 0.15) is 31.7 Å². The zero-order chi connectivity index (χ0) is 21.5. The fourth-order valence-corrected chi connectivity index (χ4v) is 3.89. The lowest BCUT2D eigenvalue weighted by atomic mass is 9.91. The van der Waals surface area contributed by atoms with Crippen LogP contribution in [0.25, 0.3) is 0 Å². The zero-order valence-electron chi connectivity index (χ0n) is 17.0. The molecule has 7 nitrogen and oxygen atoms in total. The maximum atomic E-state index is 13.0. The molecule has 2 N–H and O–H groups in total. The molecule has 0 aliphatic carbocycles. The number of alkyl halides is 3. The molecule has 2 amide bonds. The van der Waals surface area contributed by atoms with E-state index in [1.807, 2.05) is 9.80 Å². The summed E-state index contributed by atoms with van der Waals surface area (Å²) < 4.78 is 44.0. The van der Waals surface area contributed by atoms with E-state index in [0.29, 0.717) is 32.8 Å². The van der Waals surface area contributed by atoms with E-state index in [9.17, 15) is 18.0 Å². The number of carbonyl (C=O) groups is 1. The van der Waals surface area contributed by atoms with Gasteiger partial charge in [0, 0.05) is 38.0 Å². The number of carbonyl (C=O) groups excluding carboxylic acids is 1. The van der Waals surface area contributed by atoms with E-state index in [4.69, 9.17) is 4.74 Å². The predicted molar refractivity (Wildman–Crippen MR) is 105 cm³/mol. The van der Waals surface area contributed by atoms with Crippen molar-refractivity contribution in [1.29, 1.82) is 0 Å². The van der Waals surface area contributed by atoms with Crippen molar-refractivity contribution in [3.8, 4) is 5.75 Å². The SMILES string of the molecule is CC(C)(Oc1ccc(C2CN(C(=O)N3CCC(C4=NCNN4)C3)C2)cc1)C(F)(F)F. The van der Waals surface area contributed by atoms with Gasteiger partial charge in [-0.05, 0) is 38.0 Å². The van der Waals surface area contributed by atoms with Crippen molar-refractivity contribution in [3.63, 3.8) is 0 Å². The van der Waals surface area contributed by atoms with Crippen molar-refractivity contribution in [1.82, 2.24) is 20.7 Å². The van der Waals surface area contributed by atoms with Gasteiger partial charge in [-0.25, -0.2) is 10.2 Å². The number of hydrogen-bond donors (Lipinski definition) is 2. The van der Waals surface area contributed by atoms with Gasteiger partial charge >= 0.3 is 12.2 Å². The third-order valence-corrected chi connectivity index (χ3v) is 5.95. The van der Waals surface area contributed by atoms with Crippen LogP contribution in [0.5, 0.6) is 5.75 Å². The number of amidine groups is 1. The number of hydrogen-bond acceptors (Lipinski definition) is 5. The number of urea groups is 1. The first-order valence-corrected chi connectivity index (χ1v) is 10.1. The minimum atomic E-state index is -4.45. The molecule has 0 aromatic heterocycles. The fraction of sp³-hybridized carbons (Fsp3) is 0.600. The van der Waals surface area contributed by atoms with E-state index < -0.39 is 11.8 Å². The van der Waals surface area contributed by atoms with Crippen LogP contribution < -0.4 is 15.6 Å². The summed E-state index contributed by atoms with van der Waals surface area (Å²) >= 11 is 0. The molecule has 4 rings (SSSR count). The van der Waals surface area contributed by atoms with Gasteiger partial charge in [0.25, 0.3) is 0 Å². The van der Waals surface area contributed by atoms with Crippen LogP contribution in [0.15, 0.2) is 29.3 Å². The number of nitrogens with one attached hydrogen (secondary N) is 2. The highest BCUT2D eigenvalue weighted by Gasteiger charge is 2.49. The summed E-state index contributed by atoms with van der Waals surface area (Å²) in [6, 6.07) is 6.70. The number of halogens is 3. The number of ether oxygens (including phenoxy) is 1. The smallest absolute Gasteiger partial charge is 0.427 e. The van der Waals surface area contributed by atoms with Crippen LogP contribution >= 0.6 is 0 Å². The zero-order valence-corrected chi connectivity index (χ0v) is 17.0. The lowest BCUT2D eigenvalue weighted by molar-refractivity contribution is -0.234. The Labute approximate surface area is 173 Å². The summed E-state index contributed by atoms with van der Waals surface area (Å²) in [6.07, 6.45) is -3.56. The molecule has 30 heavy (non-hydrogen) atoms. The molecule has 2 fully saturated rings. The predicted octanol–water partition coefficient (Wildman–Crippen LogP) is 2.71. The van der Waals surface area contributed by atoms with Crippen LogP contribution in [-0.4, -0.2) is 66.3 Å². The van der Waals surface area contributed by atoms with E-state index in [-0.39, 0.29) is 23.6 Å². The fourth-order valence-electron chi connectivity index (χ4n) is 3.89. The number of hydrazine groups is 1. The average Bonchev–Trinajstić information content (AvgIpc) is 3.32. The highest BCUT2D eigenvalue weighted by Crippen LogP contribution is 2.35. The van der Waals surface area contributed by atoms with Gasteiger partial charge in [-0.15, -0.1) is 0 Å². The number of likely N-dealkylation sites (tertiary alicyclic amines) is 2. The summed E-state index contributed by atoms with van der Waals surface area (Å²) in [5, 5.41) is 0. The molecule has 2 saturated heterocycles.